The molecule has 2 aliphatic rings. The van der Waals surface area contributed by atoms with Crippen LogP contribution in [0.4, 0.5) is 0 Å². The van der Waals surface area contributed by atoms with Crippen molar-refractivity contribution in [3.63, 3.8) is 0 Å². The number of esters is 4. The third-order valence-electron chi connectivity index (χ3n) is 12.8. The number of carbonyl (C=O) groups is 4. The van der Waals surface area contributed by atoms with Crippen LogP contribution in [0.1, 0.15) is 116 Å². The molecule has 0 atom stereocenters. The number of nitrogens with zero attached hydrogens (tertiary/aromatic N) is 2. The van der Waals surface area contributed by atoms with Crippen molar-refractivity contribution in [2.75, 3.05) is 46.2 Å². The number of aromatic nitrogens is 2. The first-order chi connectivity index (χ1) is 34.7. The van der Waals surface area contributed by atoms with Crippen LogP contribution in [0.5, 0.6) is 17.2 Å². The van der Waals surface area contributed by atoms with Crippen LogP contribution in [-0.4, -0.2) is 92.3 Å². The summed E-state index contributed by atoms with van der Waals surface area (Å²) in [5.41, 5.74) is 3.80. The topological polar surface area (TPSA) is 168 Å². The smallest absolute Gasteiger partial charge is 0.330 e. The molecule has 0 amide bonds. The van der Waals surface area contributed by atoms with E-state index in [9.17, 15) is 19.2 Å². The average Bonchev–Trinajstić information content (AvgIpc) is 3.39. The maximum atomic E-state index is 13.6. The summed E-state index contributed by atoms with van der Waals surface area (Å²) in [6.07, 6.45) is 16.8. The normalized spacial score (nSPS) is 17.8. The number of rotatable bonds is 30. The number of hydrogen-bond donors (Lipinski definition) is 0. The second kappa shape index (κ2) is 30.0. The van der Waals surface area contributed by atoms with E-state index >= 15 is 0 Å². The first kappa shape index (κ1) is 54.4. The Bertz CT molecular complexity index is 2330. The van der Waals surface area contributed by atoms with Crippen LogP contribution in [0.25, 0.3) is 33.5 Å². The van der Waals surface area contributed by atoms with E-state index in [2.05, 4.69) is 20.1 Å². The lowest BCUT2D eigenvalue weighted by atomic mass is 9.87. The average molecular weight is 977 g/mol. The Morgan fingerprint density at radius 2 is 1.00 bits per heavy atom. The second-order valence-electron chi connectivity index (χ2n) is 18.2. The summed E-state index contributed by atoms with van der Waals surface area (Å²) in [7, 11) is 0. The third kappa shape index (κ3) is 18.3. The van der Waals surface area contributed by atoms with Gasteiger partial charge >= 0.3 is 23.9 Å². The molecule has 14 nitrogen and oxygen atoms in total. The molecule has 1 aromatic heterocycles. The van der Waals surface area contributed by atoms with Crippen molar-refractivity contribution in [2.45, 2.75) is 128 Å². The molecule has 4 aromatic rings. The van der Waals surface area contributed by atoms with Crippen LogP contribution in [-0.2, 0) is 42.9 Å². The number of benzene rings is 3. The van der Waals surface area contributed by atoms with Gasteiger partial charge in [0.05, 0.1) is 66.3 Å². The fraction of sp³-hybridized carbons (Fsp3) is 0.509. The summed E-state index contributed by atoms with van der Waals surface area (Å²) in [6.45, 7) is 12.6. The van der Waals surface area contributed by atoms with E-state index < -0.39 is 11.9 Å². The highest BCUT2D eigenvalue weighted by Gasteiger charge is 2.30. The summed E-state index contributed by atoms with van der Waals surface area (Å²) in [4.78, 5) is 59.8. The summed E-state index contributed by atoms with van der Waals surface area (Å²) in [5.74, 6) is -0.316. The van der Waals surface area contributed by atoms with Crippen LogP contribution in [0.2, 0.25) is 0 Å². The third-order valence-corrected chi connectivity index (χ3v) is 12.8. The molecule has 1 heterocycles. The molecule has 6 rings (SSSR count). The van der Waals surface area contributed by atoms with E-state index in [0.717, 1.165) is 83.5 Å². The molecule has 2 aliphatic carbocycles. The van der Waals surface area contributed by atoms with Gasteiger partial charge in [0, 0.05) is 49.2 Å². The van der Waals surface area contributed by atoms with Gasteiger partial charge in [-0.1, -0.05) is 57.2 Å². The number of hydrogen-bond acceptors (Lipinski definition) is 14. The first-order valence-corrected chi connectivity index (χ1v) is 25.7. The maximum Gasteiger partial charge on any atom is 0.330 e. The highest BCUT2D eigenvalue weighted by molar-refractivity contribution is 5.88. The Labute approximate surface area is 418 Å². The molecule has 0 N–H and O–H groups in total. The van der Waals surface area contributed by atoms with Crippen LogP contribution < -0.4 is 14.2 Å². The summed E-state index contributed by atoms with van der Waals surface area (Å²) in [6, 6.07) is 20.3. The van der Waals surface area contributed by atoms with Gasteiger partial charge in [0.1, 0.15) is 23.9 Å². The molecule has 0 aliphatic heterocycles. The fourth-order valence-corrected chi connectivity index (χ4v) is 8.81. The minimum Gasteiger partial charge on any atom is -0.491 e. The molecular weight excluding hydrogens is 905 g/mol. The molecule has 0 bridgehead atoms. The van der Waals surface area contributed by atoms with E-state index in [0.29, 0.717) is 123 Å². The second-order valence-corrected chi connectivity index (χ2v) is 18.2. The lowest BCUT2D eigenvalue weighted by molar-refractivity contribution is -0.142. The predicted octanol–water partition coefficient (Wildman–Crippen LogP) is 11.3. The number of fused-ring (bicyclic) bond motifs is 1. The zero-order chi connectivity index (χ0) is 50.0. The molecule has 0 spiro atoms. The van der Waals surface area contributed by atoms with E-state index in [-0.39, 0.29) is 36.0 Å². The fourth-order valence-electron chi connectivity index (χ4n) is 8.81. The quantitative estimate of drug-likeness (QED) is 0.0209. The van der Waals surface area contributed by atoms with E-state index in [1.54, 1.807) is 12.1 Å². The molecule has 71 heavy (non-hydrogen) atoms. The molecule has 0 unspecified atom stereocenters. The van der Waals surface area contributed by atoms with Gasteiger partial charge in [-0.15, -0.1) is 0 Å². The number of ether oxygens (including phenoxy) is 8. The molecule has 382 valence electrons. The Morgan fingerprint density at radius 1 is 0.521 bits per heavy atom. The summed E-state index contributed by atoms with van der Waals surface area (Å²) in [5, 5.41) is 0. The van der Waals surface area contributed by atoms with Crippen molar-refractivity contribution < 1.29 is 57.1 Å². The van der Waals surface area contributed by atoms with Crippen molar-refractivity contribution in [3.8, 4) is 39.8 Å². The lowest BCUT2D eigenvalue weighted by Crippen LogP contribution is -2.29. The molecule has 2 saturated carbocycles. The van der Waals surface area contributed by atoms with E-state index in [1.165, 1.54) is 12.2 Å². The number of unbranched alkanes of at least 4 members (excludes halogenated alkanes) is 6. The summed E-state index contributed by atoms with van der Waals surface area (Å²) >= 11 is 0. The van der Waals surface area contributed by atoms with Crippen LogP contribution >= 0.6 is 0 Å². The Morgan fingerprint density at radius 3 is 1.48 bits per heavy atom. The van der Waals surface area contributed by atoms with Gasteiger partial charge in [0.15, 0.2) is 0 Å². The van der Waals surface area contributed by atoms with Gasteiger partial charge in [-0.2, -0.15) is 0 Å². The minimum atomic E-state index is -0.391. The van der Waals surface area contributed by atoms with Crippen molar-refractivity contribution in [1.29, 1.82) is 0 Å². The molecule has 3 aromatic carbocycles. The molecule has 2 fully saturated rings. The van der Waals surface area contributed by atoms with Gasteiger partial charge in [-0.3, -0.25) is 9.59 Å². The zero-order valence-corrected chi connectivity index (χ0v) is 41.5. The molecule has 0 saturated heterocycles. The highest BCUT2D eigenvalue weighted by atomic mass is 16.5. The van der Waals surface area contributed by atoms with Gasteiger partial charge in [0.2, 0.25) is 0 Å². The highest BCUT2D eigenvalue weighted by Crippen LogP contribution is 2.36. The Balaban J connectivity index is 1.06. The largest absolute Gasteiger partial charge is 0.491 e. The minimum absolute atomic E-state index is 0.117. The zero-order valence-electron chi connectivity index (χ0n) is 41.5. The monoisotopic (exact) mass is 977 g/mol. The van der Waals surface area contributed by atoms with Gasteiger partial charge in [-0.25, -0.2) is 19.6 Å². The van der Waals surface area contributed by atoms with Crippen LogP contribution in [0.3, 0.4) is 0 Å². The standard InChI is InChI=1S/C57H72N2O12/c1-4-31-64-36-37-67-47-29-30-50-51(40-47)59-55(44-18-16-20-49(39-44)71-57(63)42-23-27-46(28-24-42)66-33-12-8-10-14-35-69-53(61)6-3)54(58-50)43-17-15-19-48(38-43)70-56(62)41-21-25-45(26-22-41)65-32-11-7-9-13-34-68-52(60)5-2/h5-6,15-20,29-30,38-42,45-46H,2-4,7-14,21-28,31-37H2,1H3. The first-order valence-electron chi connectivity index (χ1n) is 25.7. The predicted molar refractivity (Wildman–Crippen MR) is 271 cm³/mol. The SMILES string of the molecule is C=CC(=O)OCCCCCCOC1CCC(C(=O)Oc2cccc(-c3nc4ccc(OCCOCCC)cc4nc3-c3cccc(OC(=O)C4CCC(OCCCCCCOC(=O)C=C)CC4)c3)c2)CC1. The molecule has 0 radical (unpaired) electrons. The van der Waals surface area contributed by atoms with Crippen LogP contribution in [0.15, 0.2) is 92.0 Å². The van der Waals surface area contributed by atoms with Crippen molar-refractivity contribution in [2.24, 2.45) is 11.8 Å². The van der Waals surface area contributed by atoms with E-state index in [1.807, 2.05) is 54.6 Å². The molecule has 14 heteroatoms. The lowest BCUT2D eigenvalue weighted by Gasteiger charge is -2.27. The number of carbonyl (C=O) groups excluding carboxylic acids is 4. The maximum absolute atomic E-state index is 13.6. The van der Waals surface area contributed by atoms with E-state index in [4.69, 9.17) is 47.9 Å². The van der Waals surface area contributed by atoms with Gasteiger partial charge in [0.25, 0.3) is 0 Å². The Hall–Kier alpha value is -5.96. The Kier molecular flexibility index (Phi) is 23.0. The van der Waals surface area contributed by atoms with Crippen molar-refractivity contribution in [1.82, 2.24) is 9.97 Å². The molecular formula is C57H72N2O12. The van der Waals surface area contributed by atoms with Gasteiger partial charge in [-0.05, 0) is 133 Å². The van der Waals surface area contributed by atoms with Gasteiger partial charge < -0.3 is 37.9 Å². The van der Waals surface area contributed by atoms with Crippen LogP contribution in [0, 0.1) is 11.8 Å². The van der Waals surface area contributed by atoms with Crippen molar-refractivity contribution in [3.05, 3.63) is 92.0 Å². The summed E-state index contributed by atoms with van der Waals surface area (Å²) < 4.78 is 46.0. The van der Waals surface area contributed by atoms with Crippen molar-refractivity contribution >= 4 is 34.9 Å².